The molecule has 0 aromatic heterocycles. The van der Waals surface area contributed by atoms with Crippen LogP contribution in [0.1, 0.15) is 6.92 Å². The normalized spacial score (nSPS) is 12.9. The van der Waals surface area contributed by atoms with E-state index in [1.165, 1.54) is 0 Å². The van der Waals surface area contributed by atoms with Crippen LogP contribution in [0.2, 0.25) is 0 Å². The highest BCUT2D eigenvalue weighted by atomic mass is 79.9. The quantitative estimate of drug-likeness (QED) is 0.354. The average molecular weight is 183 g/mol. The van der Waals surface area contributed by atoms with E-state index in [-0.39, 0.29) is 4.95 Å². The Morgan fingerprint density at radius 2 is 2.43 bits per heavy atom. The maximum Gasteiger partial charge on any atom is 0.164 e. The number of nitrogens with one attached hydrogen (secondary N) is 1. The zero-order chi connectivity index (χ0) is 5.86. The van der Waals surface area contributed by atoms with Crippen molar-refractivity contribution in [2.75, 3.05) is 0 Å². The van der Waals surface area contributed by atoms with E-state index < -0.39 is 0 Å². The Hall–Kier alpha value is 0.170. The summed E-state index contributed by atoms with van der Waals surface area (Å²) in [7, 11) is 0. The SMILES string of the molecule is CC(Br)NC(N)=S. The molecule has 0 heterocycles. The molecule has 42 valence electrons. The van der Waals surface area contributed by atoms with Gasteiger partial charge in [-0.1, -0.05) is 15.9 Å². The minimum atomic E-state index is 0.171. The number of alkyl halides is 1. The van der Waals surface area contributed by atoms with Gasteiger partial charge in [-0.3, -0.25) is 0 Å². The van der Waals surface area contributed by atoms with Crippen molar-refractivity contribution in [3.05, 3.63) is 0 Å². The van der Waals surface area contributed by atoms with Gasteiger partial charge in [0.05, 0.1) is 4.95 Å². The molecule has 0 rings (SSSR count). The van der Waals surface area contributed by atoms with E-state index in [0.29, 0.717) is 5.11 Å². The number of nitrogens with two attached hydrogens (primary N) is 1. The van der Waals surface area contributed by atoms with Gasteiger partial charge in [-0.05, 0) is 19.1 Å². The van der Waals surface area contributed by atoms with Crippen molar-refractivity contribution in [3.8, 4) is 0 Å². The van der Waals surface area contributed by atoms with Gasteiger partial charge in [-0.25, -0.2) is 0 Å². The summed E-state index contributed by atoms with van der Waals surface area (Å²) < 4.78 is 0. The second kappa shape index (κ2) is 3.21. The van der Waals surface area contributed by atoms with Crippen LogP contribution >= 0.6 is 28.1 Å². The molecule has 0 aromatic rings. The Kier molecular flexibility index (Phi) is 3.29. The molecular formula is C3H7BrN2S. The molecule has 0 radical (unpaired) electrons. The van der Waals surface area contributed by atoms with Crippen molar-refractivity contribution in [1.29, 1.82) is 0 Å². The van der Waals surface area contributed by atoms with Gasteiger partial charge < -0.3 is 11.1 Å². The van der Waals surface area contributed by atoms with E-state index in [1.54, 1.807) is 0 Å². The lowest BCUT2D eigenvalue weighted by atomic mass is 10.7. The number of hydrogen-bond acceptors (Lipinski definition) is 1. The molecule has 0 aliphatic heterocycles. The third-order valence-electron chi connectivity index (χ3n) is 0.341. The summed E-state index contributed by atoms with van der Waals surface area (Å²) in [5.41, 5.74) is 5.08. The first-order valence-electron chi connectivity index (χ1n) is 1.83. The van der Waals surface area contributed by atoms with Crippen LogP contribution in [0.5, 0.6) is 0 Å². The van der Waals surface area contributed by atoms with Gasteiger partial charge >= 0.3 is 0 Å². The summed E-state index contributed by atoms with van der Waals surface area (Å²) in [5, 5.41) is 3.05. The van der Waals surface area contributed by atoms with E-state index in [4.69, 9.17) is 5.73 Å². The fourth-order valence-corrected chi connectivity index (χ4v) is 0.771. The second-order valence-corrected chi connectivity index (χ2v) is 2.94. The monoisotopic (exact) mass is 182 g/mol. The first-order chi connectivity index (χ1) is 3.13. The van der Waals surface area contributed by atoms with Crippen molar-refractivity contribution < 1.29 is 0 Å². The van der Waals surface area contributed by atoms with Gasteiger partial charge in [0.25, 0.3) is 0 Å². The predicted molar refractivity (Wildman–Crippen MR) is 38.3 cm³/mol. The molecule has 7 heavy (non-hydrogen) atoms. The fraction of sp³-hybridized carbons (Fsp3) is 0.667. The Morgan fingerprint density at radius 1 is 2.00 bits per heavy atom. The maximum absolute atomic E-state index is 5.08. The molecule has 0 saturated heterocycles. The van der Waals surface area contributed by atoms with Crippen LogP contribution in [0.25, 0.3) is 0 Å². The molecular weight excluding hydrogens is 176 g/mol. The molecule has 1 atom stereocenters. The molecule has 0 saturated carbocycles. The highest BCUT2D eigenvalue weighted by Crippen LogP contribution is 1.88. The van der Waals surface area contributed by atoms with Gasteiger partial charge in [0, 0.05) is 0 Å². The summed E-state index contributed by atoms with van der Waals surface area (Å²) in [6.07, 6.45) is 0. The van der Waals surface area contributed by atoms with Crippen LogP contribution in [-0.4, -0.2) is 10.1 Å². The van der Waals surface area contributed by atoms with Crippen LogP contribution in [-0.2, 0) is 0 Å². The number of thiocarbonyl (C=S) groups is 1. The molecule has 0 aliphatic rings. The first-order valence-corrected chi connectivity index (χ1v) is 3.15. The molecule has 3 N–H and O–H groups in total. The van der Waals surface area contributed by atoms with Gasteiger partial charge in [0.2, 0.25) is 0 Å². The van der Waals surface area contributed by atoms with Crippen molar-refractivity contribution in [2.24, 2.45) is 5.73 Å². The van der Waals surface area contributed by atoms with Crippen LogP contribution in [0.15, 0.2) is 0 Å². The minimum Gasteiger partial charge on any atom is -0.376 e. The molecule has 0 aromatic carbocycles. The fourth-order valence-electron chi connectivity index (χ4n) is 0.196. The molecule has 2 nitrogen and oxygen atoms in total. The molecule has 0 amide bonds. The van der Waals surface area contributed by atoms with Crippen LogP contribution in [0.3, 0.4) is 0 Å². The Labute approximate surface area is 56.6 Å². The number of rotatable bonds is 1. The van der Waals surface area contributed by atoms with E-state index in [0.717, 1.165) is 0 Å². The molecule has 0 spiro atoms. The minimum absolute atomic E-state index is 0.171. The summed E-state index contributed by atoms with van der Waals surface area (Å²) in [6.45, 7) is 1.90. The van der Waals surface area contributed by atoms with E-state index in [9.17, 15) is 0 Å². The first kappa shape index (κ1) is 7.17. The van der Waals surface area contributed by atoms with E-state index in [2.05, 4.69) is 33.5 Å². The van der Waals surface area contributed by atoms with Crippen molar-refractivity contribution in [2.45, 2.75) is 11.9 Å². The topological polar surface area (TPSA) is 38.0 Å². The van der Waals surface area contributed by atoms with Gasteiger partial charge in [0.1, 0.15) is 0 Å². The zero-order valence-corrected chi connectivity index (χ0v) is 6.34. The lowest BCUT2D eigenvalue weighted by molar-refractivity contribution is 0.920. The largest absolute Gasteiger partial charge is 0.376 e. The lowest BCUT2D eigenvalue weighted by Crippen LogP contribution is -2.32. The van der Waals surface area contributed by atoms with E-state index in [1.807, 2.05) is 6.92 Å². The zero-order valence-electron chi connectivity index (χ0n) is 3.94. The van der Waals surface area contributed by atoms with Gasteiger partial charge in [0.15, 0.2) is 5.11 Å². The van der Waals surface area contributed by atoms with Crippen LogP contribution in [0, 0.1) is 0 Å². The van der Waals surface area contributed by atoms with Crippen molar-refractivity contribution in [1.82, 2.24) is 5.32 Å². The molecule has 4 heteroatoms. The lowest BCUT2D eigenvalue weighted by Gasteiger charge is -2.02. The van der Waals surface area contributed by atoms with Gasteiger partial charge in [-0.2, -0.15) is 0 Å². The highest BCUT2D eigenvalue weighted by Gasteiger charge is 1.90. The van der Waals surface area contributed by atoms with Crippen molar-refractivity contribution >= 4 is 33.3 Å². The van der Waals surface area contributed by atoms with Crippen LogP contribution < -0.4 is 11.1 Å². The molecule has 0 bridgehead atoms. The van der Waals surface area contributed by atoms with Gasteiger partial charge in [-0.15, -0.1) is 0 Å². The number of hydrogen-bond donors (Lipinski definition) is 2. The second-order valence-electron chi connectivity index (χ2n) is 1.12. The predicted octanol–water partition coefficient (Wildman–Crippen LogP) is 0.560. The summed E-state index contributed by atoms with van der Waals surface area (Å²) in [4.78, 5) is 0.171. The van der Waals surface area contributed by atoms with Crippen LogP contribution in [0.4, 0.5) is 0 Å². The Morgan fingerprint density at radius 3 is 2.43 bits per heavy atom. The Bertz CT molecular complexity index is 73.3. The van der Waals surface area contributed by atoms with Crippen molar-refractivity contribution in [3.63, 3.8) is 0 Å². The number of halogens is 1. The average Bonchev–Trinajstić information content (AvgIpc) is 1.27. The summed E-state index contributed by atoms with van der Waals surface area (Å²) >= 11 is 7.70. The molecule has 1 unspecified atom stereocenters. The maximum atomic E-state index is 5.08. The highest BCUT2D eigenvalue weighted by molar-refractivity contribution is 9.09. The Balaban J connectivity index is 3.13. The summed E-state index contributed by atoms with van der Waals surface area (Å²) in [5.74, 6) is 0. The standard InChI is InChI=1S/C3H7BrN2S/c1-2(4)6-3(5)7/h2H,1H3,(H3,5,6,7). The smallest absolute Gasteiger partial charge is 0.164 e. The third-order valence-corrected chi connectivity index (χ3v) is 0.688. The molecule has 0 fully saturated rings. The van der Waals surface area contributed by atoms with E-state index >= 15 is 0 Å². The summed E-state index contributed by atoms with van der Waals surface area (Å²) in [6, 6.07) is 0. The molecule has 0 aliphatic carbocycles. The third kappa shape index (κ3) is 6.17.